The highest BCUT2D eigenvalue weighted by Gasteiger charge is 2.31. The van der Waals surface area contributed by atoms with E-state index in [1.54, 1.807) is 0 Å². The molecule has 2 N–H and O–H groups in total. The summed E-state index contributed by atoms with van der Waals surface area (Å²) in [5, 5.41) is 12.8. The van der Waals surface area contributed by atoms with Gasteiger partial charge in [0.1, 0.15) is 0 Å². The van der Waals surface area contributed by atoms with Crippen molar-refractivity contribution >= 4 is 5.91 Å². The van der Waals surface area contributed by atoms with E-state index < -0.39 is 0 Å². The summed E-state index contributed by atoms with van der Waals surface area (Å²) in [4.78, 5) is 17.2. The summed E-state index contributed by atoms with van der Waals surface area (Å²) in [6.07, 6.45) is 7.30. The van der Waals surface area contributed by atoms with Gasteiger partial charge in [0.25, 0.3) is 0 Å². The molecule has 2 fully saturated rings. The van der Waals surface area contributed by atoms with E-state index >= 15 is 0 Å². The van der Waals surface area contributed by atoms with Crippen LogP contribution in [0.4, 0.5) is 0 Å². The van der Waals surface area contributed by atoms with Crippen molar-refractivity contribution in [1.29, 1.82) is 0 Å². The highest BCUT2D eigenvalue weighted by atomic mass is 16.3. The molecule has 0 bridgehead atoms. The molecule has 2 aliphatic rings. The molecule has 1 aliphatic heterocycles. The summed E-state index contributed by atoms with van der Waals surface area (Å²) in [7, 11) is 0. The van der Waals surface area contributed by atoms with Gasteiger partial charge in [0.15, 0.2) is 0 Å². The molecule has 0 aromatic carbocycles. The minimum Gasteiger partial charge on any atom is -0.392 e. The van der Waals surface area contributed by atoms with E-state index in [1.807, 2.05) is 13.8 Å². The lowest BCUT2D eigenvalue weighted by Crippen LogP contribution is -2.59. The predicted octanol–water partition coefficient (Wildman–Crippen LogP) is 1.85. The maximum atomic E-state index is 12.5. The van der Waals surface area contributed by atoms with Crippen LogP contribution < -0.4 is 5.32 Å². The number of piperazine rings is 1. The topological polar surface area (TPSA) is 55.8 Å². The molecule has 0 unspecified atom stereocenters. The van der Waals surface area contributed by atoms with Gasteiger partial charge < -0.3 is 10.4 Å². The van der Waals surface area contributed by atoms with E-state index in [1.165, 1.54) is 32.1 Å². The maximum absolute atomic E-state index is 12.5. The average Bonchev–Trinajstić information content (AvgIpc) is 2.59. The standard InChI is InChI=1S/C19H37N3O2/c1-4-18-14-21(10-11-22(18)13-15(2)23)16(3)19(24)20-12-17-8-6-5-7-9-17/h15-18,23H,4-14H2,1-3H3,(H,20,24)/t15-,16+,18+/m0/s1. The number of nitrogens with one attached hydrogen (secondary N) is 1. The van der Waals surface area contributed by atoms with Gasteiger partial charge in [-0.1, -0.05) is 26.2 Å². The Morgan fingerprint density at radius 1 is 1.21 bits per heavy atom. The third-order valence-corrected chi connectivity index (χ3v) is 5.82. The predicted molar refractivity (Wildman–Crippen MR) is 98.0 cm³/mol. The summed E-state index contributed by atoms with van der Waals surface area (Å²) in [5.41, 5.74) is 0. The van der Waals surface area contributed by atoms with E-state index in [9.17, 15) is 9.90 Å². The zero-order chi connectivity index (χ0) is 17.5. The fourth-order valence-electron chi connectivity index (χ4n) is 4.19. The van der Waals surface area contributed by atoms with Gasteiger partial charge in [-0.2, -0.15) is 0 Å². The summed E-state index contributed by atoms with van der Waals surface area (Å²) >= 11 is 0. The van der Waals surface area contributed by atoms with Gasteiger partial charge in [-0.05, 0) is 39.0 Å². The summed E-state index contributed by atoms with van der Waals surface area (Å²) in [5.74, 6) is 0.862. The second kappa shape index (κ2) is 9.73. The second-order valence-electron chi connectivity index (χ2n) is 7.83. The van der Waals surface area contributed by atoms with Crippen LogP contribution in [0.2, 0.25) is 0 Å². The number of nitrogens with zero attached hydrogens (tertiary/aromatic N) is 2. The Bertz CT molecular complexity index is 383. The first-order chi connectivity index (χ1) is 11.5. The summed E-state index contributed by atoms with van der Waals surface area (Å²) < 4.78 is 0. The van der Waals surface area contributed by atoms with Gasteiger partial charge in [0, 0.05) is 38.8 Å². The van der Waals surface area contributed by atoms with Crippen molar-refractivity contribution in [2.45, 2.75) is 77.5 Å². The highest BCUT2D eigenvalue weighted by molar-refractivity contribution is 5.81. The Morgan fingerprint density at radius 2 is 1.92 bits per heavy atom. The van der Waals surface area contributed by atoms with Gasteiger partial charge in [0.05, 0.1) is 12.1 Å². The van der Waals surface area contributed by atoms with Crippen molar-refractivity contribution in [1.82, 2.24) is 15.1 Å². The molecule has 0 aromatic rings. The molecule has 0 aromatic heterocycles. The molecule has 1 aliphatic carbocycles. The fourth-order valence-corrected chi connectivity index (χ4v) is 4.19. The third kappa shape index (κ3) is 5.71. The number of rotatable bonds is 7. The van der Waals surface area contributed by atoms with Crippen LogP contribution in [0.3, 0.4) is 0 Å². The quantitative estimate of drug-likeness (QED) is 0.743. The lowest BCUT2D eigenvalue weighted by Gasteiger charge is -2.43. The van der Waals surface area contributed by atoms with Crippen LogP contribution >= 0.6 is 0 Å². The van der Waals surface area contributed by atoms with Crippen LogP contribution in [0.15, 0.2) is 0 Å². The number of amides is 1. The van der Waals surface area contributed by atoms with Gasteiger partial charge in [-0.3, -0.25) is 14.6 Å². The number of carbonyl (C=O) groups excluding carboxylic acids is 1. The molecule has 24 heavy (non-hydrogen) atoms. The molecule has 1 saturated heterocycles. The Labute approximate surface area is 147 Å². The first kappa shape index (κ1) is 19.7. The number of carbonyl (C=O) groups is 1. The molecule has 2 rings (SSSR count). The number of aliphatic hydroxyl groups is 1. The summed E-state index contributed by atoms with van der Waals surface area (Å²) in [6, 6.07) is 0.373. The van der Waals surface area contributed by atoms with Crippen LogP contribution in [0.5, 0.6) is 0 Å². The number of hydrogen-bond acceptors (Lipinski definition) is 4. The molecular weight excluding hydrogens is 302 g/mol. The van der Waals surface area contributed by atoms with Gasteiger partial charge >= 0.3 is 0 Å². The first-order valence-corrected chi connectivity index (χ1v) is 9.95. The Morgan fingerprint density at radius 3 is 2.54 bits per heavy atom. The monoisotopic (exact) mass is 339 g/mol. The Hall–Kier alpha value is -0.650. The normalized spacial score (nSPS) is 26.9. The first-order valence-electron chi connectivity index (χ1n) is 9.95. The van der Waals surface area contributed by atoms with Crippen LogP contribution in [0, 0.1) is 5.92 Å². The third-order valence-electron chi connectivity index (χ3n) is 5.82. The van der Waals surface area contributed by atoms with Gasteiger partial charge in [-0.25, -0.2) is 0 Å². The number of hydrogen-bond donors (Lipinski definition) is 2. The smallest absolute Gasteiger partial charge is 0.237 e. The lowest BCUT2D eigenvalue weighted by molar-refractivity contribution is -0.127. The molecule has 5 nitrogen and oxygen atoms in total. The Balaban J connectivity index is 1.78. The van der Waals surface area contributed by atoms with E-state index in [0.29, 0.717) is 12.0 Å². The van der Waals surface area contributed by atoms with Crippen molar-refractivity contribution in [2.75, 3.05) is 32.7 Å². The van der Waals surface area contributed by atoms with E-state index in [4.69, 9.17) is 0 Å². The van der Waals surface area contributed by atoms with Crippen LogP contribution in [0.25, 0.3) is 0 Å². The SMILES string of the molecule is CC[C@@H]1CN([C@H](C)C(=O)NCC2CCCCC2)CCN1C[C@H](C)O. The molecular formula is C19H37N3O2. The minimum atomic E-state index is -0.290. The average molecular weight is 340 g/mol. The van der Waals surface area contributed by atoms with Crippen LogP contribution in [0.1, 0.15) is 59.3 Å². The largest absolute Gasteiger partial charge is 0.392 e. The Kier molecular flexibility index (Phi) is 7.98. The highest BCUT2D eigenvalue weighted by Crippen LogP contribution is 2.23. The van der Waals surface area contributed by atoms with Crippen molar-refractivity contribution in [3.05, 3.63) is 0 Å². The van der Waals surface area contributed by atoms with Gasteiger partial charge in [-0.15, -0.1) is 0 Å². The van der Waals surface area contributed by atoms with Crippen molar-refractivity contribution < 1.29 is 9.90 Å². The molecule has 3 atom stereocenters. The summed E-state index contributed by atoms with van der Waals surface area (Å²) in [6.45, 7) is 10.4. The molecule has 5 heteroatoms. The molecule has 1 heterocycles. The van der Waals surface area contributed by atoms with Crippen molar-refractivity contribution in [2.24, 2.45) is 5.92 Å². The van der Waals surface area contributed by atoms with E-state index in [2.05, 4.69) is 22.0 Å². The molecule has 1 amide bonds. The molecule has 0 radical (unpaired) electrons. The van der Waals surface area contributed by atoms with Crippen molar-refractivity contribution in [3.8, 4) is 0 Å². The van der Waals surface area contributed by atoms with E-state index in [0.717, 1.165) is 39.1 Å². The second-order valence-corrected chi connectivity index (χ2v) is 7.83. The fraction of sp³-hybridized carbons (Fsp3) is 0.947. The number of aliphatic hydroxyl groups excluding tert-OH is 1. The minimum absolute atomic E-state index is 0.0589. The van der Waals surface area contributed by atoms with Gasteiger partial charge in [0.2, 0.25) is 5.91 Å². The van der Waals surface area contributed by atoms with Crippen LogP contribution in [-0.2, 0) is 4.79 Å². The molecule has 140 valence electrons. The van der Waals surface area contributed by atoms with Crippen LogP contribution in [-0.4, -0.2) is 71.7 Å². The lowest BCUT2D eigenvalue weighted by atomic mass is 9.89. The molecule has 1 saturated carbocycles. The molecule has 0 spiro atoms. The zero-order valence-corrected chi connectivity index (χ0v) is 15.8. The van der Waals surface area contributed by atoms with Crippen molar-refractivity contribution in [3.63, 3.8) is 0 Å². The zero-order valence-electron chi connectivity index (χ0n) is 15.8. The van der Waals surface area contributed by atoms with E-state index in [-0.39, 0.29) is 18.1 Å². The maximum Gasteiger partial charge on any atom is 0.237 e. The number of β-amino-alcohol motifs (C(OH)–C–C–N with tert-alkyl or cyclic N) is 1.